The van der Waals surface area contributed by atoms with Gasteiger partial charge in [0.25, 0.3) is 5.91 Å². The number of anilines is 2. The minimum absolute atomic E-state index is 0.0487. The number of esters is 1. The largest absolute Gasteiger partial charge is 0.451 e. The van der Waals surface area contributed by atoms with Crippen LogP contribution in [0.5, 0.6) is 0 Å². The van der Waals surface area contributed by atoms with Crippen LogP contribution in [0.2, 0.25) is 0 Å². The van der Waals surface area contributed by atoms with Gasteiger partial charge in [0.15, 0.2) is 18.1 Å². The first kappa shape index (κ1) is 21.9. The van der Waals surface area contributed by atoms with Gasteiger partial charge in [0, 0.05) is 0 Å². The molecule has 0 bridgehead atoms. The van der Waals surface area contributed by atoms with Gasteiger partial charge < -0.3 is 10.1 Å². The highest BCUT2D eigenvalue weighted by Gasteiger charge is 2.43. The molecule has 0 atom stereocenters. The van der Waals surface area contributed by atoms with Crippen molar-refractivity contribution in [3.63, 3.8) is 0 Å². The number of ether oxygens (including phenoxy) is 1. The zero-order valence-electron chi connectivity index (χ0n) is 18.3. The van der Waals surface area contributed by atoms with Gasteiger partial charge in [-0.3, -0.25) is 14.5 Å². The summed E-state index contributed by atoms with van der Waals surface area (Å²) in [5.41, 5.74) is 0.642. The predicted molar refractivity (Wildman–Crippen MR) is 121 cm³/mol. The maximum atomic E-state index is 13.2. The fourth-order valence-corrected chi connectivity index (χ4v) is 3.53. The molecule has 0 saturated heterocycles. The predicted octanol–water partition coefficient (Wildman–Crippen LogP) is 2.29. The Morgan fingerprint density at radius 1 is 1.09 bits per heavy atom. The molecule has 1 aliphatic heterocycles. The van der Waals surface area contributed by atoms with Crippen molar-refractivity contribution in [2.75, 3.05) is 16.8 Å². The molecule has 0 spiro atoms. The number of fused-ring (bicyclic) bond motifs is 1. The summed E-state index contributed by atoms with van der Waals surface area (Å²) >= 11 is 0. The Hall–Kier alpha value is -4.34. The van der Waals surface area contributed by atoms with Gasteiger partial charge in [-0.15, -0.1) is 5.10 Å². The topological polar surface area (TPSA) is 119 Å². The van der Waals surface area contributed by atoms with Gasteiger partial charge in [-0.1, -0.05) is 42.5 Å². The minimum atomic E-state index is -1.17. The van der Waals surface area contributed by atoms with Gasteiger partial charge in [0.1, 0.15) is 5.54 Å². The number of aromatic nitrogens is 4. The smallest absolute Gasteiger partial charge is 0.357 e. The summed E-state index contributed by atoms with van der Waals surface area (Å²) in [6.07, 6.45) is 1.57. The molecule has 1 aromatic heterocycles. The van der Waals surface area contributed by atoms with Crippen molar-refractivity contribution >= 4 is 40.9 Å². The van der Waals surface area contributed by atoms with Gasteiger partial charge in [0.2, 0.25) is 5.91 Å². The lowest BCUT2D eigenvalue weighted by Crippen LogP contribution is -2.59. The lowest BCUT2D eigenvalue weighted by Gasteiger charge is -2.41. The molecule has 1 N–H and O–H groups in total. The van der Waals surface area contributed by atoms with Crippen molar-refractivity contribution in [3.05, 3.63) is 66.0 Å². The quantitative estimate of drug-likeness (QED) is 0.472. The number of amides is 2. The van der Waals surface area contributed by atoms with Crippen LogP contribution in [0.1, 0.15) is 25.2 Å². The first-order valence-electron chi connectivity index (χ1n) is 10.2. The number of tetrazole rings is 1. The highest BCUT2D eigenvalue weighted by atomic mass is 16.5. The normalized spacial score (nSPS) is 14.9. The van der Waals surface area contributed by atoms with Crippen LogP contribution in [-0.4, -0.2) is 50.1 Å². The van der Waals surface area contributed by atoms with E-state index in [-0.39, 0.29) is 11.6 Å². The van der Waals surface area contributed by atoms with Gasteiger partial charge >= 0.3 is 5.97 Å². The van der Waals surface area contributed by atoms with E-state index in [4.69, 9.17) is 4.74 Å². The van der Waals surface area contributed by atoms with E-state index in [0.717, 1.165) is 5.56 Å². The first-order chi connectivity index (χ1) is 15.8. The third-order valence-corrected chi connectivity index (χ3v) is 5.25. The van der Waals surface area contributed by atoms with Gasteiger partial charge in [-0.2, -0.15) is 4.68 Å². The minimum Gasteiger partial charge on any atom is -0.451 e. The average Bonchev–Trinajstić information content (AvgIpc) is 3.22. The SMILES string of the molecule is Cc1nnnn1/C(=C/c1ccccc1)C(=O)OCC(=O)N1c2ccccc2NC(=O)C1(C)C. The molecule has 2 aromatic carbocycles. The summed E-state index contributed by atoms with van der Waals surface area (Å²) in [5, 5.41) is 14.0. The molecule has 1 aliphatic rings. The van der Waals surface area contributed by atoms with E-state index in [0.29, 0.717) is 17.2 Å². The Morgan fingerprint density at radius 2 is 1.79 bits per heavy atom. The molecular weight excluding hydrogens is 424 g/mol. The number of hydrogen-bond acceptors (Lipinski definition) is 7. The van der Waals surface area contributed by atoms with Gasteiger partial charge in [0.05, 0.1) is 11.4 Å². The van der Waals surface area contributed by atoms with Crippen LogP contribution in [0.3, 0.4) is 0 Å². The van der Waals surface area contributed by atoms with E-state index in [1.165, 1.54) is 9.58 Å². The summed E-state index contributed by atoms with van der Waals surface area (Å²) in [7, 11) is 0. The number of carbonyl (C=O) groups is 3. The van der Waals surface area contributed by atoms with E-state index in [9.17, 15) is 14.4 Å². The second-order valence-corrected chi connectivity index (χ2v) is 7.91. The second-order valence-electron chi connectivity index (χ2n) is 7.91. The maximum Gasteiger partial charge on any atom is 0.357 e. The third-order valence-electron chi connectivity index (χ3n) is 5.25. The number of nitrogens with zero attached hydrogens (tertiary/aromatic N) is 5. The monoisotopic (exact) mass is 446 g/mol. The number of hydrogen-bond donors (Lipinski definition) is 1. The second kappa shape index (κ2) is 8.65. The summed E-state index contributed by atoms with van der Waals surface area (Å²) in [5.74, 6) is -1.28. The molecule has 33 heavy (non-hydrogen) atoms. The van der Waals surface area contributed by atoms with Crippen LogP contribution in [0.15, 0.2) is 54.6 Å². The molecule has 10 heteroatoms. The summed E-state index contributed by atoms with van der Waals surface area (Å²) in [6, 6.07) is 16.1. The maximum absolute atomic E-state index is 13.2. The lowest BCUT2D eigenvalue weighted by molar-refractivity contribution is -0.143. The van der Waals surface area contributed by atoms with E-state index in [1.54, 1.807) is 51.1 Å². The average molecular weight is 446 g/mol. The van der Waals surface area contributed by atoms with Crippen molar-refractivity contribution in [1.82, 2.24) is 20.2 Å². The number of benzene rings is 2. The molecule has 0 fully saturated rings. The standard InChI is InChI=1S/C23H22N6O4/c1-15-25-26-27-29(15)19(13-16-9-5-4-6-10-16)21(31)33-14-20(30)28-18-12-8-7-11-17(18)24-22(32)23(28,2)3/h4-13H,14H2,1-3H3,(H,24,32)/b19-13+. The Balaban J connectivity index is 1.59. The first-order valence-corrected chi connectivity index (χ1v) is 10.2. The Labute approximate surface area is 189 Å². The van der Waals surface area contributed by atoms with Crippen LogP contribution in [-0.2, 0) is 19.1 Å². The van der Waals surface area contributed by atoms with Crippen LogP contribution < -0.4 is 10.2 Å². The molecule has 0 saturated carbocycles. The summed E-state index contributed by atoms with van der Waals surface area (Å²) < 4.78 is 6.61. The summed E-state index contributed by atoms with van der Waals surface area (Å²) in [4.78, 5) is 40.1. The summed E-state index contributed by atoms with van der Waals surface area (Å²) in [6.45, 7) is 4.33. The highest BCUT2D eigenvalue weighted by molar-refractivity contribution is 6.17. The third kappa shape index (κ3) is 4.22. The molecule has 2 amide bonds. The van der Waals surface area contributed by atoms with E-state index >= 15 is 0 Å². The lowest BCUT2D eigenvalue weighted by atomic mass is 9.96. The molecule has 0 radical (unpaired) electrons. The number of para-hydroxylation sites is 2. The zero-order chi connectivity index (χ0) is 23.6. The fourth-order valence-electron chi connectivity index (χ4n) is 3.53. The Kier molecular flexibility index (Phi) is 5.74. The fraction of sp³-hybridized carbons (Fsp3) is 0.217. The van der Waals surface area contributed by atoms with Crippen molar-refractivity contribution in [3.8, 4) is 0 Å². The molecule has 4 rings (SSSR count). The van der Waals surface area contributed by atoms with Crippen molar-refractivity contribution in [2.24, 2.45) is 0 Å². The van der Waals surface area contributed by atoms with Gasteiger partial charge in [-0.25, -0.2) is 4.79 Å². The molecule has 10 nitrogen and oxygen atoms in total. The molecule has 2 heterocycles. The van der Waals surface area contributed by atoms with Crippen molar-refractivity contribution in [1.29, 1.82) is 0 Å². The number of carbonyl (C=O) groups excluding carboxylic acids is 3. The van der Waals surface area contributed by atoms with Crippen LogP contribution in [0.25, 0.3) is 11.8 Å². The zero-order valence-corrected chi connectivity index (χ0v) is 18.3. The Morgan fingerprint density at radius 3 is 2.48 bits per heavy atom. The molecule has 0 unspecified atom stereocenters. The van der Waals surface area contributed by atoms with E-state index in [2.05, 4.69) is 20.8 Å². The molecule has 3 aromatic rings. The number of aryl methyl sites for hydroxylation is 1. The van der Waals surface area contributed by atoms with Crippen molar-refractivity contribution < 1.29 is 19.1 Å². The number of nitrogens with one attached hydrogen (secondary N) is 1. The van der Waals surface area contributed by atoms with Crippen LogP contribution >= 0.6 is 0 Å². The van der Waals surface area contributed by atoms with Crippen LogP contribution in [0, 0.1) is 6.92 Å². The molecular formula is C23H22N6O4. The Bertz CT molecular complexity index is 1250. The van der Waals surface area contributed by atoms with E-state index in [1.807, 2.05) is 30.3 Å². The van der Waals surface area contributed by atoms with Gasteiger partial charge in [-0.05, 0) is 55.0 Å². The molecule has 0 aliphatic carbocycles. The highest BCUT2D eigenvalue weighted by Crippen LogP contribution is 2.36. The van der Waals surface area contributed by atoms with E-state index < -0.39 is 24.0 Å². The van der Waals surface area contributed by atoms with Crippen LogP contribution in [0.4, 0.5) is 11.4 Å². The number of rotatable bonds is 5. The van der Waals surface area contributed by atoms with Crippen molar-refractivity contribution in [2.45, 2.75) is 26.3 Å². The molecule has 168 valence electrons.